The van der Waals surface area contributed by atoms with Crippen LogP contribution in [0.25, 0.3) is 0 Å². The predicted octanol–water partition coefficient (Wildman–Crippen LogP) is 2.01. The molecule has 0 heterocycles. The van der Waals surface area contributed by atoms with E-state index in [0.717, 1.165) is 19.3 Å². The van der Waals surface area contributed by atoms with Crippen LogP contribution < -0.4 is 0 Å². The molecule has 60 valence electrons. The summed E-state index contributed by atoms with van der Waals surface area (Å²) < 4.78 is 0. The summed E-state index contributed by atoms with van der Waals surface area (Å²) in [6, 6.07) is 0. The quantitative estimate of drug-likeness (QED) is 0.483. The van der Waals surface area contributed by atoms with E-state index in [2.05, 4.69) is 11.8 Å². The first kappa shape index (κ1) is 8.33. The minimum Gasteiger partial charge on any atom is -0.298 e. The van der Waals surface area contributed by atoms with Crippen molar-refractivity contribution in [2.24, 2.45) is 11.8 Å². The molecule has 0 bridgehead atoms. The molecule has 1 rings (SSSR count). The molecule has 0 saturated heterocycles. The molecule has 1 heteroatoms. The average molecular weight is 150 g/mol. The van der Waals surface area contributed by atoms with Crippen molar-refractivity contribution in [2.45, 2.75) is 33.1 Å². The fourth-order valence-corrected chi connectivity index (χ4v) is 1.24. The first-order chi connectivity index (χ1) is 5.20. The summed E-state index contributed by atoms with van der Waals surface area (Å²) in [5, 5.41) is 0. The molecule has 11 heavy (non-hydrogen) atoms. The van der Waals surface area contributed by atoms with Gasteiger partial charge in [-0.2, -0.15) is 0 Å². The van der Waals surface area contributed by atoms with Crippen LogP contribution in [0.3, 0.4) is 0 Å². The molecule has 1 aliphatic rings. The zero-order valence-corrected chi connectivity index (χ0v) is 7.18. The molecule has 1 saturated carbocycles. The molecule has 1 atom stereocenters. The van der Waals surface area contributed by atoms with Gasteiger partial charge in [-0.05, 0) is 12.8 Å². The maximum absolute atomic E-state index is 11.1. The van der Waals surface area contributed by atoms with Gasteiger partial charge in [0.15, 0.2) is 0 Å². The van der Waals surface area contributed by atoms with Gasteiger partial charge in [-0.1, -0.05) is 25.7 Å². The minimum absolute atomic E-state index is 0.0670. The predicted molar refractivity (Wildman–Crippen MR) is 45.0 cm³/mol. The Hall–Kier alpha value is -0.770. The van der Waals surface area contributed by atoms with Gasteiger partial charge in [0.1, 0.15) is 5.78 Å². The summed E-state index contributed by atoms with van der Waals surface area (Å²) in [4.78, 5) is 11.1. The molecular weight excluding hydrogens is 136 g/mol. The van der Waals surface area contributed by atoms with Gasteiger partial charge < -0.3 is 0 Å². The lowest BCUT2D eigenvalue weighted by Crippen LogP contribution is -2.02. The lowest BCUT2D eigenvalue weighted by molar-refractivity contribution is -0.119. The van der Waals surface area contributed by atoms with Crippen molar-refractivity contribution in [3.63, 3.8) is 0 Å². The molecule has 0 aromatic heterocycles. The summed E-state index contributed by atoms with van der Waals surface area (Å²) >= 11 is 0. The monoisotopic (exact) mass is 150 g/mol. The van der Waals surface area contributed by atoms with Crippen LogP contribution in [0.4, 0.5) is 0 Å². The molecule has 0 aromatic rings. The molecule has 0 N–H and O–H groups in total. The van der Waals surface area contributed by atoms with Gasteiger partial charge in [0, 0.05) is 12.3 Å². The molecule has 0 aliphatic heterocycles. The summed E-state index contributed by atoms with van der Waals surface area (Å²) in [6.07, 6.45) is 2.77. The third-order valence-corrected chi connectivity index (χ3v) is 1.85. The van der Waals surface area contributed by atoms with Crippen molar-refractivity contribution in [3.05, 3.63) is 0 Å². The molecule has 1 aliphatic carbocycles. The SMILES string of the molecule is CC(C)C#CC1CCCC1=O. The van der Waals surface area contributed by atoms with Crippen LogP contribution in [-0.2, 0) is 4.79 Å². The molecule has 0 aromatic carbocycles. The lowest BCUT2D eigenvalue weighted by Gasteiger charge is -1.95. The van der Waals surface area contributed by atoms with Gasteiger partial charge in [-0.15, -0.1) is 0 Å². The van der Waals surface area contributed by atoms with Gasteiger partial charge in [0.05, 0.1) is 5.92 Å². The summed E-state index contributed by atoms with van der Waals surface area (Å²) in [7, 11) is 0. The fraction of sp³-hybridized carbons (Fsp3) is 0.700. The van der Waals surface area contributed by atoms with Crippen molar-refractivity contribution in [1.29, 1.82) is 0 Å². The average Bonchev–Trinajstić information content (AvgIpc) is 2.31. The van der Waals surface area contributed by atoms with Crippen LogP contribution in [0.2, 0.25) is 0 Å². The third kappa shape index (κ3) is 2.38. The largest absolute Gasteiger partial charge is 0.298 e. The van der Waals surface area contributed by atoms with E-state index >= 15 is 0 Å². The Bertz CT molecular complexity index is 205. The normalized spacial score (nSPS) is 23.5. The van der Waals surface area contributed by atoms with Crippen LogP contribution >= 0.6 is 0 Å². The summed E-state index contributed by atoms with van der Waals surface area (Å²) in [5.74, 6) is 6.88. The zero-order valence-electron chi connectivity index (χ0n) is 7.18. The molecule has 1 nitrogen and oxygen atoms in total. The second-order valence-corrected chi connectivity index (χ2v) is 3.35. The summed E-state index contributed by atoms with van der Waals surface area (Å²) in [6.45, 7) is 4.10. The topological polar surface area (TPSA) is 17.1 Å². The smallest absolute Gasteiger partial charge is 0.147 e. The van der Waals surface area contributed by atoms with Gasteiger partial charge in [-0.25, -0.2) is 0 Å². The van der Waals surface area contributed by atoms with Crippen LogP contribution in [0.1, 0.15) is 33.1 Å². The van der Waals surface area contributed by atoms with Crippen LogP contribution in [-0.4, -0.2) is 5.78 Å². The molecule has 0 amide bonds. The number of Topliss-reactive ketones (excluding diaryl/α,β-unsaturated/α-hetero) is 1. The highest BCUT2D eigenvalue weighted by atomic mass is 16.1. The Morgan fingerprint density at radius 3 is 2.73 bits per heavy atom. The first-order valence-corrected chi connectivity index (χ1v) is 4.24. The van der Waals surface area contributed by atoms with E-state index in [1.807, 2.05) is 13.8 Å². The van der Waals surface area contributed by atoms with Crippen molar-refractivity contribution >= 4 is 5.78 Å². The van der Waals surface area contributed by atoms with Crippen LogP contribution in [0.15, 0.2) is 0 Å². The van der Waals surface area contributed by atoms with Gasteiger partial charge in [-0.3, -0.25) is 4.79 Å². The maximum atomic E-state index is 11.1. The zero-order chi connectivity index (χ0) is 8.27. The molecule has 0 radical (unpaired) electrons. The van der Waals surface area contributed by atoms with Gasteiger partial charge in [0.2, 0.25) is 0 Å². The van der Waals surface area contributed by atoms with Crippen molar-refractivity contribution in [1.82, 2.24) is 0 Å². The van der Waals surface area contributed by atoms with E-state index in [0.29, 0.717) is 11.7 Å². The van der Waals surface area contributed by atoms with E-state index in [9.17, 15) is 4.79 Å². The minimum atomic E-state index is 0.0670. The standard InChI is InChI=1S/C10H14O/c1-8(2)6-7-9-4-3-5-10(9)11/h8-9H,3-5H2,1-2H3. The Kier molecular flexibility index (Phi) is 2.70. The van der Waals surface area contributed by atoms with E-state index < -0.39 is 0 Å². The molecule has 1 fully saturated rings. The Balaban J connectivity index is 2.50. The number of rotatable bonds is 0. The van der Waals surface area contributed by atoms with Crippen LogP contribution in [0, 0.1) is 23.7 Å². The number of ketones is 1. The fourth-order valence-electron chi connectivity index (χ4n) is 1.24. The van der Waals surface area contributed by atoms with Gasteiger partial charge >= 0.3 is 0 Å². The van der Waals surface area contributed by atoms with E-state index in [4.69, 9.17) is 0 Å². The van der Waals surface area contributed by atoms with Gasteiger partial charge in [0.25, 0.3) is 0 Å². The maximum Gasteiger partial charge on any atom is 0.147 e. The third-order valence-electron chi connectivity index (χ3n) is 1.85. The Morgan fingerprint density at radius 2 is 2.27 bits per heavy atom. The highest BCUT2D eigenvalue weighted by Crippen LogP contribution is 2.20. The molecular formula is C10H14O. The number of hydrogen-bond donors (Lipinski definition) is 0. The Morgan fingerprint density at radius 1 is 1.55 bits per heavy atom. The second-order valence-electron chi connectivity index (χ2n) is 3.35. The highest BCUT2D eigenvalue weighted by Gasteiger charge is 2.21. The first-order valence-electron chi connectivity index (χ1n) is 4.24. The van der Waals surface area contributed by atoms with Crippen molar-refractivity contribution in [3.8, 4) is 11.8 Å². The number of carbonyl (C=O) groups is 1. The van der Waals surface area contributed by atoms with E-state index in [1.54, 1.807) is 0 Å². The lowest BCUT2D eigenvalue weighted by atomic mass is 10.1. The number of carbonyl (C=O) groups excluding carboxylic acids is 1. The summed E-state index contributed by atoms with van der Waals surface area (Å²) in [5.41, 5.74) is 0. The molecule has 1 unspecified atom stereocenters. The highest BCUT2D eigenvalue weighted by molar-refractivity contribution is 5.85. The van der Waals surface area contributed by atoms with Crippen LogP contribution in [0.5, 0.6) is 0 Å². The van der Waals surface area contributed by atoms with E-state index in [1.165, 1.54) is 0 Å². The molecule has 0 spiro atoms. The second kappa shape index (κ2) is 3.57. The van der Waals surface area contributed by atoms with Crippen molar-refractivity contribution < 1.29 is 4.79 Å². The Labute approximate surface area is 68.2 Å². The van der Waals surface area contributed by atoms with E-state index in [-0.39, 0.29) is 5.92 Å². The van der Waals surface area contributed by atoms with Crippen molar-refractivity contribution in [2.75, 3.05) is 0 Å². The number of hydrogen-bond acceptors (Lipinski definition) is 1.